The first-order valence-electron chi connectivity index (χ1n) is 8.40. The number of nitrogens with zero attached hydrogens (tertiary/aromatic N) is 1. The second kappa shape index (κ2) is 7.82. The molecule has 0 aliphatic heterocycles. The summed E-state index contributed by atoms with van der Waals surface area (Å²) in [6, 6.07) is 8.04. The average Bonchev–Trinajstić information content (AvgIpc) is 2.55. The van der Waals surface area contributed by atoms with E-state index in [2.05, 4.69) is 20.4 Å². The topological polar surface area (TPSA) is 121 Å². The van der Waals surface area contributed by atoms with Crippen LogP contribution in [0.4, 0.5) is 11.5 Å². The molecule has 0 radical (unpaired) electrons. The van der Waals surface area contributed by atoms with Crippen LogP contribution in [0.1, 0.15) is 17.0 Å². The number of aromatic hydroxyl groups is 2. The summed E-state index contributed by atoms with van der Waals surface area (Å²) in [5.74, 6) is -1.75. The molecule has 1 aromatic carbocycles. The van der Waals surface area contributed by atoms with Gasteiger partial charge in [0.05, 0.1) is 11.2 Å². The van der Waals surface area contributed by atoms with Gasteiger partial charge in [0.1, 0.15) is 5.82 Å². The number of hydrogen-bond acceptors (Lipinski definition) is 6. The maximum Gasteiger partial charge on any atom is 0.226 e. The molecule has 0 unspecified atom stereocenters. The minimum absolute atomic E-state index is 0.0885. The highest BCUT2D eigenvalue weighted by Crippen LogP contribution is 2.27. The van der Waals surface area contributed by atoms with E-state index >= 15 is 0 Å². The lowest BCUT2D eigenvalue weighted by molar-refractivity contribution is -0.121. The van der Waals surface area contributed by atoms with Gasteiger partial charge in [-0.2, -0.15) is 4.98 Å². The molecule has 2 aromatic rings. The van der Waals surface area contributed by atoms with Crippen molar-refractivity contribution in [2.45, 2.75) is 12.8 Å². The molecule has 2 rings (SSSR count). The van der Waals surface area contributed by atoms with Gasteiger partial charge in [0.2, 0.25) is 17.7 Å². The van der Waals surface area contributed by atoms with Gasteiger partial charge in [0.15, 0.2) is 11.5 Å². The first-order chi connectivity index (χ1) is 12.6. The van der Waals surface area contributed by atoms with E-state index in [9.17, 15) is 19.8 Å². The minimum Gasteiger partial charge on any atom is -0.504 e. The molecule has 0 saturated carbocycles. The number of nitrogens with one attached hydrogen (secondary N) is 2. The lowest BCUT2D eigenvalue weighted by Gasteiger charge is -2.07. The Morgan fingerprint density at radius 3 is 2.58 bits per heavy atom. The summed E-state index contributed by atoms with van der Waals surface area (Å²) in [6.07, 6.45) is -0.291. The summed E-state index contributed by atoms with van der Waals surface area (Å²) in [5, 5.41) is 23.5. The van der Waals surface area contributed by atoms with Crippen molar-refractivity contribution in [3.63, 3.8) is 0 Å². The summed E-state index contributed by atoms with van der Waals surface area (Å²) in [6.45, 7) is 0. The standard InChI is InChI=1S/C16H17N3O5/c1-24-16-4-2-3-13(19-16)18-15(23)8-7-14(22)17-10-5-6-11(20)12(21)9-10/h2-6,9,20-21H,7-8H2,1H3,(H,17,22)(H,18,19,23)/i1D3. The second-order valence-corrected chi connectivity index (χ2v) is 4.76. The molecule has 0 saturated heterocycles. The van der Waals surface area contributed by atoms with E-state index < -0.39 is 18.9 Å². The van der Waals surface area contributed by atoms with Gasteiger partial charge >= 0.3 is 0 Å². The van der Waals surface area contributed by atoms with Crippen molar-refractivity contribution in [2.75, 3.05) is 17.7 Å². The van der Waals surface area contributed by atoms with E-state index in [-0.39, 0.29) is 41.7 Å². The zero-order valence-corrected chi connectivity index (χ0v) is 12.4. The Bertz CT molecular complexity index is 842. The Hall–Kier alpha value is -3.29. The summed E-state index contributed by atoms with van der Waals surface area (Å²) in [4.78, 5) is 27.6. The molecule has 8 nitrogen and oxygen atoms in total. The molecule has 4 N–H and O–H groups in total. The molecule has 0 aliphatic rings. The molecule has 2 amide bonds. The van der Waals surface area contributed by atoms with Crippen LogP contribution in [-0.4, -0.2) is 34.0 Å². The van der Waals surface area contributed by atoms with Gasteiger partial charge in [-0.15, -0.1) is 0 Å². The number of rotatable bonds is 6. The van der Waals surface area contributed by atoms with Crippen molar-refractivity contribution in [3.8, 4) is 17.4 Å². The lowest BCUT2D eigenvalue weighted by atomic mass is 10.2. The van der Waals surface area contributed by atoms with Crippen molar-refractivity contribution < 1.29 is 28.7 Å². The number of carbonyl (C=O) groups excluding carboxylic acids is 2. The monoisotopic (exact) mass is 334 g/mol. The van der Waals surface area contributed by atoms with E-state index in [1.165, 1.54) is 36.4 Å². The van der Waals surface area contributed by atoms with Gasteiger partial charge in [0, 0.05) is 30.7 Å². The normalized spacial score (nSPS) is 12.4. The molecule has 0 bridgehead atoms. The first-order valence-corrected chi connectivity index (χ1v) is 6.90. The van der Waals surface area contributed by atoms with E-state index in [4.69, 9.17) is 4.11 Å². The number of phenolic OH excluding ortho intramolecular Hbond substituents is 2. The third-order valence-electron chi connectivity index (χ3n) is 2.93. The smallest absolute Gasteiger partial charge is 0.226 e. The number of benzene rings is 1. The number of carbonyl (C=O) groups is 2. The highest BCUT2D eigenvalue weighted by atomic mass is 16.5. The number of pyridine rings is 1. The molecule has 0 fully saturated rings. The maximum atomic E-state index is 11.9. The van der Waals surface area contributed by atoms with Crippen LogP contribution in [0.2, 0.25) is 0 Å². The van der Waals surface area contributed by atoms with Gasteiger partial charge in [-0.05, 0) is 18.2 Å². The molecule has 8 heteroatoms. The van der Waals surface area contributed by atoms with Crippen LogP contribution >= 0.6 is 0 Å². The molecule has 1 heterocycles. The number of aromatic nitrogens is 1. The van der Waals surface area contributed by atoms with Gasteiger partial charge in [-0.25, -0.2) is 0 Å². The van der Waals surface area contributed by atoms with Gasteiger partial charge < -0.3 is 25.6 Å². The average molecular weight is 334 g/mol. The number of methoxy groups -OCH3 is 1. The molecule has 24 heavy (non-hydrogen) atoms. The number of ether oxygens (including phenoxy) is 1. The van der Waals surface area contributed by atoms with Crippen LogP contribution in [0.3, 0.4) is 0 Å². The fraction of sp³-hybridized carbons (Fsp3) is 0.188. The Morgan fingerprint density at radius 2 is 1.88 bits per heavy atom. The van der Waals surface area contributed by atoms with E-state index in [0.29, 0.717) is 0 Å². The number of amides is 2. The van der Waals surface area contributed by atoms with E-state index in [1.807, 2.05) is 0 Å². The van der Waals surface area contributed by atoms with E-state index in [0.717, 1.165) is 0 Å². The summed E-state index contributed by atoms with van der Waals surface area (Å²) in [7, 11) is -2.66. The van der Waals surface area contributed by atoms with Gasteiger partial charge in [-0.1, -0.05) is 6.07 Å². The predicted molar refractivity (Wildman–Crippen MR) is 87.1 cm³/mol. The molecule has 0 aliphatic carbocycles. The molecule has 0 atom stereocenters. The molecular weight excluding hydrogens is 314 g/mol. The first kappa shape index (κ1) is 13.2. The predicted octanol–water partition coefficient (Wildman–Crippen LogP) is 1.86. The van der Waals surface area contributed by atoms with Gasteiger partial charge in [-0.3, -0.25) is 9.59 Å². The van der Waals surface area contributed by atoms with Crippen LogP contribution in [0.15, 0.2) is 36.4 Å². The van der Waals surface area contributed by atoms with Crippen molar-refractivity contribution in [1.82, 2.24) is 4.98 Å². The molecule has 126 valence electrons. The van der Waals surface area contributed by atoms with Crippen molar-refractivity contribution >= 4 is 23.3 Å². The Morgan fingerprint density at radius 1 is 1.12 bits per heavy atom. The fourth-order valence-corrected chi connectivity index (χ4v) is 1.80. The fourth-order valence-electron chi connectivity index (χ4n) is 1.80. The third-order valence-corrected chi connectivity index (χ3v) is 2.93. The summed E-state index contributed by atoms with van der Waals surface area (Å²) < 4.78 is 25.7. The summed E-state index contributed by atoms with van der Waals surface area (Å²) in [5.41, 5.74) is 0.270. The van der Waals surface area contributed by atoms with E-state index in [1.54, 1.807) is 0 Å². The van der Waals surface area contributed by atoms with Crippen LogP contribution in [0.25, 0.3) is 0 Å². The Balaban J connectivity index is 1.84. The summed E-state index contributed by atoms with van der Waals surface area (Å²) >= 11 is 0. The van der Waals surface area contributed by atoms with Gasteiger partial charge in [0.25, 0.3) is 0 Å². The number of phenols is 2. The SMILES string of the molecule is [2H]C([2H])([2H])Oc1cccc(NC(=O)CCC(=O)Nc2ccc(O)c(O)c2)n1. The molecule has 0 spiro atoms. The molecule has 1 aromatic heterocycles. The lowest BCUT2D eigenvalue weighted by Crippen LogP contribution is -2.17. The van der Waals surface area contributed by atoms with Crippen LogP contribution in [0.5, 0.6) is 17.4 Å². The van der Waals surface area contributed by atoms with Crippen LogP contribution < -0.4 is 15.4 Å². The zero-order valence-electron chi connectivity index (χ0n) is 15.4. The third kappa shape index (κ3) is 4.87. The van der Waals surface area contributed by atoms with Crippen LogP contribution in [0, 0.1) is 0 Å². The minimum atomic E-state index is -2.66. The number of anilines is 2. The largest absolute Gasteiger partial charge is 0.504 e. The number of hydrogen-bond donors (Lipinski definition) is 4. The van der Waals surface area contributed by atoms with Crippen molar-refractivity contribution in [3.05, 3.63) is 36.4 Å². The quantitative estimate of drug-likeness (QED) is 0.473. The second-order valence-electron chi connectivity index (χ2n) is 4.76. The Labute approximate surface area is 142 Å². The van der Waals surface area contributed by atoms with Crippen LogP contribution in [-0.2, 0) is 9.59 Å². The van der Waals surface area contributed by atoms with Crippen molar-refractivity contribution in [2.24, 2.45) is 0 Å². The highest BCUT2D eigenvalue weighted by molar-refractivity contribution is 5.96. The maximum absolute atomic E-state index is 11.9. The molecular formula is C16H17N3O5. The highest BCUT2D eigenvalue weighted by Gasteiger charge is 2.09. The Kier molecular flexibility index (Phi) is 4.29. The zero-order chi connectivity index (χ0) is 20.0. The van der Waals surface area contributed by atoms with Crippen molar-refractivity contribution in [1.29, 1.82) is 0 Å².